The molecule has 1 aromatic carbocycles. The number of anilines is 3. The molecule has 2 rings (SSSR count). The Bertz CT molecular complexity index is 581. The third kappa shape index (κ3) is 2.50. The number of nitrogens with one attached hydrogen (secondary N) is 1. The number of hydrogen-bond donors (Lipinski definition) is 2. The minimum absolute atomic E-state index is 0.188. The van der Waals surface area contributed by atoms with Crippen molar-refractivity contribution in [3.63, 3.8) is 0 Å². The lowest BCUT2D eigenvalue weighted by Crippen LogP contribution is -2.02. The minimum Gasteiger partial charge on any atom is -0.384 e. The Morgan fingerprint density at radius 2 is 1.67 bits per heavy atom. The van der Waals surface area contributed by atoms with Crippen molar-refractivity contribution in [2.24, 2.45) is 0 Å². The van der Waals surface area contributed by atoms with Crippen LogP contribution in [-0.2, 0) is 0 Å². The van der Waals surface area contributed by atoms with Crippen molar-refractivity contribution in [3.05, 3.63) is 41.5 Å². The van der Waals surface area contributed by atoms with Gasteiger partial charge in [0.25, 0.3) is 0 Å². The Kier molecular flexibility index (Phi) is 3.05. The number of nitrogen functional groups attached to an aromatic ring is 1. The van der Waals surface area contributed by atoms with Gasteiger partial charge in [-0.05, 0) is 6.92 Å². The van der Waals surface area contributed by atoms with E-state index in [1.165, 1.54) is 6.07 Å². The Labute approximate surface area is 101 Å². The van der Waals surface area contributed by atoms with E-state index in [4.69, 9.17) is 5.73 Å². The van der Waals surface area contributed by atoms with Crippen LogP contribution in [0, 0.1) is 24.4 Å². The maximum Gasteiger partial charge on any atom is 0.161 e. The summed E-state index contributed by atoms with van der Waals surface area (Å²) < 4.78 is 39.1. The quantitative estimate of drug-likeness (QED) is 0.808. The van der Waals surface area contributed by atoms with E-state index in [1.807, 2.05) is 0 Å². The summed E-state index contributed by atoms with van der Waals surface area (Å²) in [5.41, 5.74) is 5.26. The van der Waals surface area contributed by atoms with Gasteiger partial charge in [-0.25, -0.2) is 23.1 Å². The molecule has 3 N–H and O–H groups in total. The molecule has 0 aliphatic heterocycles. The maximum atomic E-state index is 13.4. The van der Waals surface area contributed by atoms with Gasteiger partial charge in [0.2, 0.25) is 0 Å². The first-order chi connectivity index (χ1) is 8.45. The molecule has 0 saturated carbocycles. The number of aryl methyl sites for hydroxylation is 1. The van der Waals surface area contributed by atoms with E-state index in [9.17, 15) is 13.2 Å². The first kappa shape index (κ1) is 12.2. The van der Waals surface area contributed by atoms with Crippen LogP contribution in [0.4, 0.5) is 30.5 Å². The second-order valence-corrected chi connectivity index (χ2v) is 3.60. The number of aromatic nitrogens is 2. The van der Waals surface area contributed by atoms with Crippen LogP contribution in [0.1, 0.15) is 5.82 Å². The van der Waals surface area contributed by atoms with E-state index in [1.54, 1.807) is 6.92 Å². The van der Waals surface area contributed by atoms with Crippen molar-refractivity contribution in [1.29, 1.82) is 0 Å². The summed E-state index contributed by atoms with van der Waals surface area (Å²) in [6.07, 6.45) is 0. The first-order valence-electron chi connectivity index (χ1n) is 4.98. The smallest absolute Gasteiger partial charge is 0.161 e. The molecule has 0 fully saturated rings. The number of hydrogen-bond acceptors (Lipinski definition) is 4. The highest BCUT2D eigenvalue weighted by Crippen LogP contribution is 2.22. The number of benzene rings is 1. The van der Waals surface area contributed by atoms with Gasteiger partial charge in [0, 0.05) is 18.2 Å². The number of halogens is 3. The van der Waals surface area contributed by atoms with E-state index >= 15 is 0 Å². The Morgan fingerprint density at radius 1 is 1.00 bits per heavy atom. The Balaban J connectivity index is 2.36. The van der Waals surface area contributed by atoms with Crippen LogP contribution < -0.4 is 11.1 Å². The molecule has 0 radical (unpaired) electrons. The molecule has 0 spiro atoms. The van der Waals surface area contributed by atoms with Gasteiger partial charge < -0.3 is 11.1 Å². The van der Waals surface area contributed by atoms with Gasteiger partial charge in [-0.1, -0.05) is 0 Å². The molecule has 18 heavy (non-hydrogen) atoms. The van der Waals surface area contributed by atoms with Crippen molar-refractivity contribution >= 4 is 17.3 Å². The molecule has 1 heterocycles. The molecular weight excluding hydrogens is 245 g/mol. The standard InChI is InChI=1S/C11H9F3N4/c1-5-16-10(15)4-11(17-5)18-9-3-7(13)6(12)2-8(9)14/h2-4H,1H3,(H3,15,16,17,18). The van der Waals surface area contributed by atoms with Gasteiger partial charge in [0.05, 0.1) is 5.69 Å². The molecule has 0 unspecified atom stereocenters. The zero-order valence-electron chi connectivity index (χ0n) is 9.34. The second kappa shape index (κ2) is 4.52. The third-order valence-electron chi connectivity index (χ3n) is 2.13. The normalized spacial score (nSPS) is 10.4. The molecule has 0 aliphatic carbocycles. The molecule has 94 valence electrons. The highest BCUT2D eigenvalue weighted by Gasteiger charge is 2.10. The molecular formula is C11H9F3N4. The van der Waals surface area contributed by atoms with Crippen LogP contribution in [-0.4, -0.2) is 9.97 Å². The van der Waals surface area contributed by atoms with Crippen molar-refractivity contribution < 1.29 is 13.2 Å². The molecule has 0 atom stereocenters. The number of nitrogens with two attached hydrogens (primary N) is 1. The van der Waals surface area contributed by atoms with Crippen molar-refractivity contribution in [2.45, 2.75) is 6.92 Å². The predicted molar refractivity (Wildman–Crippen MR) is 60.8 cm³/mol. The van der Waals surface area contributed by atoms with Crippen molar-refractivity contribution in [3.8, 4) is 0 Å². The van der Waals surface area contributed by atoms with E-state index < -0.39 is 17.5 Å². The molecule has 0 bridgehead atoms. The summed E-state index contributed by atoms with van der Waals surface area (Å²) in [6.45, 7) is 1.60. The Hall–Kier alpha value is -2.31. The summed E-state index contributed by atoms with van der Waals surface area (Å²) in [7, 11) is 0. The summed E-state index contributed by atoms with van der Waals surface area (Å²) >= 11 is 0. The zero-order chi connectivity index (χ0) is 13.3. The average Bonchev–Trinajstić information content (AvgIpc) is 2.24. The molecule has 1 aromatic heterocycles. The average molecular weight is 254 g/mol. The van der Waals surface area contributed by atoms with E-state index in [-0.39, 0.29) is 17.3 Å². The largest absolute Gasteiger partial charge is 0.384 e. The van der Waals surface area contributed by atoms with Crippen LogP contribution in [0.3, 0.4) is 0 Å². The lowest BCUT2D eigenvalue weighted by atomic mass is 10.3. The topological polar surface area (TPSA) is 63.8 Å². The molecule has 0 amide bonds. The SMILES string of the molecule is Cc1nc(N)cc(Nc2cc(F)c(F)cc2F)n1. The third-order valence-corrected chi connectivity index (χ3v) is 2.13. The monoisotopic (exact) mass is 254 g/mol. The second-order valence-electron chi connectivity index (χ2n) is 3.60. The summed E-state index contributed by atoms with van der Waals surface area (Å²) in [6, 6.07) is 2.51. The molecule has 4 nitrogen and oxygen atoms in total. The van der Waals surface area contributed by atoms with E-state index in [0.29, 0.717) is 18.0 Å². The summed E-state index contributed by atoms with van der Waals surface area (Å²) in [5.74, 6) is -2.57. The predicted octanol–water partition coefficient (Wildman–Crippen LogP) is 2.53. The van der Waals surface area contributed by atoms with E-state index in [0.717, 1.165) is 0 Å². The van der Waals surface area contributed by atoms with Crippen molar-refractivity contribution in [1.82, 2.24) is 9.97 Å². The molecule has 0 saturated heterocycles. The minimum atomic E-state index is -1.25. The number of nitrogens with zero attached hydrogens (tertiary/aromatic N) is 2. The van der Waals surface area contributed by atoms with Crippen molar-refractivity contribution in [2.75, 3.05) is 11.1 Å². The molecule has 2 aromatic rings. The van der Waals surface area contributed by atoms with Gasteiger partial charge in [0.15, 0.2) is 11.6 Å². The van der Waals surface area contributed by atoms with Gasteiger partial charge in [0.1, 0.15) is 23.3 Å². The highest BCUT2D eigenvalue weighted by atomic mass is 19.2. The van der Waals surface area contributed by atoms with Gasteiger partial charge >= 0.3 is 0 Å². The van der Waals surface area contributed by atoms with Crippen LogP contribution >= 0.6 is 0 Å². The summed E-state index contributed by atoms with van der Waals surface area (Å²) in [4.78, 5) is 7.77. The lowest BCUT2D eigenvalue weighted by Gasteiger charge is -2.08. The fourth-order valence-electron chi connectivity index (χ4n) is 1.41. The van der Waals surface area contributed by atoms with Gasteiger partial charge in [-0.2, -0.15) is 0 Å². The van der Waals surface area contributed by atoms with Crippen LogP contribution in [0.25, 0.3) is 0 Å². The fourth-order valence-corrected chi connectivity index (χ4v) is 1.41. The fraction of sp³-hybridized carbons (Fsp3) is 0.0909. The van der Waals surface area contributed by atoms with Crippen LogP contribution in [0.15, 0.2) is 18.2 Å². The molecule has 0 aliphatic rings. The Morgan fingerprint density at radius 3 is 2.33 bits per heavy atom. The molecule has 7 heteroatoms. The lowest BCUT2D eigenvalue weighted by molar-refractivity contribution is 0.496. The zero-order valence-corrected chi connectivity index (χ0v) is 9.34. The number of rotatable bonds is 2. The van der Waals surface area contributed by atoms with Gasteiger partial charge in [-0.15, -0.1) is 0 Å². The van der Waals surface area contributed by atoms with Gasteiger partial charge in [-0.3, -0.25) is 0 Å². The van der Waals surface area contributed by atoms with Crippen LogP contribution in [0.5, 0.6) is 0 Å². The van der Waals surface area contributed by atoms with Crippen LogP contribution in [0.2, 0.25) is 0 Å². The highest BCUT2D eigenvalue weighted by molar-refractivity contribution is 5.59. The first-order valence-corrected chi connectivity index (χ1v) is 4.98. The maximum absolute atomic E-state index is 13.4. The van der Waals surface area contributed by atoms with E-state index in [2.05, 4.69) is 15.3 Å². The summed E-state index contributed by atoms with van der Waals surface area (Å²) in [5, 5.41) is 2.51.